The Hall–Kier alpha value is -2.34. The molecule has 4 aromatic rings. The zero-order valence-corrected chi connectivity index (χ0v) is 22.9. The highest BCUT2D eigenvalue weighted by atomic mass is 14.1. The van der Waals surface area contributed by atoms with Crippen LogP contribution in [0, 0.1) is 0 Å². The van der Waals surface area contributed by atoms with Gasteiger partial charge in [0.05, 0.1) is 0 Å². The zero-order valence-electron chi connectivity index (χ0n) is 22.9. The largest absolute Gasteiger partial charge is 0.0654 e. The monoisotopic (exact) mass is 480 g/mol. The van der Waals surface area contributed by atoms with Gasteiger partial charge in [0.25, 0.3) is 0 Å². The van der Waals surface area contributed by atoms with Crippen LogP contribution in [0.25, 0.3) is 32.3 Å². The normalized spacial score (nSPS) is 11.7. The topological polar surface area (TPSA) is 0 Å². The lowest BCUT2D eigenvalue weighted by Crippen LogP contribution is -1.88. The molecule has 0 aliphatic carbocycles. The molecule has 36 heavy (non-hydrogen) atoms. The summed E-state index contributed by atoms with van der Waals surface area (Å²) in [5.74, 6) is 0. The van der Waals surface area contributed by atoms with E-state index in [4.69, 9.17) is 0 Å². The van der Waals surface area contributed by atoms with Gasteiger partial charge in [0.2, 0.25) is 0 Å². The van der Waals surface area contributed by atoms with E-state index in [0.717, 1.165) is 0 Å². The number of aryl methyl sites for hydroxylation is 1. The summed E-state index contributed by atoms with van der Waals surface area (Å²) in [6, 6.07) is 25.2. The van der Waals surface area contributed by atoms with Gasteiger partial charge in [-0.3, -0.25) is 0 Å². The number of fused-ring (bicyclic) bond motifs is 3. The Labute approximate surface area is 220 Å². The Balaban J connectivity index is 1.09. The number of rotatable bonds is 17. The van der Waals surface area contributed by atoms with Crippen LogP contribution >= 0.6 is 0 Å². The van der Waals surface area contributed by atoms with Gasteiger partial charge in [-0.2, -0.15) is 0 Å². The quantitative estimate of drug-likeness (QED) is 0.104. The standard InChI is InChI=1S/C36H48/c1-2-3-4-5-6-7-8-9-10-11-12-13-14-15-16-17-20-30-23-24-33-28-35-26-31-21-18-19-22-32(31)27-36(35)29-34(33)25-30/h18-19,21-29H,2-17,20H2,1H3. The van der Waals surface area contributed by atoms with E-state index < -0.39 is 0 Å². The van der Waals surface area contributed by atoms with Gasteiger partial charge in [0.15, 0.2) is 0 Å². The first kappa shape index (κ1) is 26.7. The molecule has 0 unspecified atom stereocenters. The number of hydrogen-bond donors (Lipinski definition) is 0. The highest BCUT2D eigenvalue weighted by Crippen LogP contribution is 2.28. The summed E-state index contributed by atoms with van der Waals surface area (Å²) in [6.45, 7) is 2.30. The van der Waals surface area contributed by atoms with Crippen molar-refractivity contribution in [1.82, 2.24) is 0 Å². The third-order valence-corrected chi connectivity index (χ3v) is 8.04. The third kappa shape index (κ3) is 8.36. The molecule has 4 rings (SSSR count). The van der Waals surface area contributed by atoms with Gasteiger partial charge in [0, 0.05) is 0 Å². The second kappa shape index (κ2) is 15.0. The molecule has 0 heterocycles. The summed E-state index contributed by atoms with van der Waals surface area (Å²) in [4.78, 5) is 0. The molecule has 0 aliphatic heterocycles. The molecule has 0 radical (unpaired) electrons. The van der Waals surface area contributed by atoms with Crippen molar-refractivity contribution in [2.24, 2.45) is 0 Å². The second-order valence-corrected chi connectivity index (χ2v) is 11.1. The molecule has 0 aliphatic rings. The minimum Gasteiger partial charge on any atom is -0.0654 e. The van der Waals surface area contributed by atoms with E-state index in [1.807, 2.05) is 0 Å². The fourth-order valence-electron chi connectivity index (χ4n) is 5.77. The smallest absolute Gasteiger partial charge is 0.0171 e. The van der Waals surface area contributed by atoms with Gasteiger partial charge in [-0.15, -0.1) is 0 Å². The molecule has 4 aromatic carbocycles. The zero-order chi connectivity index (χ0) is 24.8. The lowest BCUT2D eigenvalue weighted by Gasteiger charge is -2.08. The average Bonchev–Trinajstić information content (AvgIpc) is 2.90. The molecule has 0 amide bonds. The van der Waals surface area contributed by atoms with Gasteiger partial charge >= 0.3 is 0 Å². The van der Waals surface area contributed by atoms with Crippen LogP contribution in [-0.2, 0) is 6.42 Å². The first-order chi connectivity index (χ1) is 17.8. The summed E-state index contributed by atoms with van der Waals surface area (Å²) in [5.41, 5.74) is 1.49. The summed E-state index contributed by atoms with van der Waals surface area (Å²) in [7, 11) is 0. The maximum atomic E-state index is 2.43. The fourth-order valence-corrected chi connectivity index (χ4v) is 5.77. The Kier molecular flexibility index (Phi) is 11.2. The van der Waals surface area contributed by atoms with Crippen molar-refractivity contribution in [3.05, 3.63) is 72.3 Å². The maximum Gasteiger partial charge on any atom is -0.0171 e. The fraction of sp³-hybridized carbons (Fsp3) is 0.500. The molecule has 0 aromatic heterocycles. The van der Waals surface area contributed by atoms with Crippen LogP contribution in [0.3, 0.4) is 0 Å². The van der Waals surface area contributed by atoms with Crippen molar-refractivity contribution in [2.75, 3.05) is 0 Å². The summed E-state index contributed by atoms with van der Waals surface area (Å²) >= 11 is 0. The van der Waals surface area contributed by atoms with Crippen molar-refractivity contribution in [3.8, 4) is 0 Å². The van der Waals surface area contributed by atoms with Crippen LogP contribution in [0.15, 0.2) is 66.7 Å². The average molecular weight is 481 g/mol. The lowest BCUT2D eigenvalue weighted by atomic mass is 9.97. The SMILES string of the molecule is CCCCCCCCCCCCCCCCCCc1ccc2cc3cc4ccccc4cc3cc2c1. The molecule has 0 fully saturated rings. The summed E-state index contributed by atoms with van der Waals surface area (Å²) in [6.07, 6.45) is 24.1. The molecule has 0 spiro atoms. The third-order valence-electron chi connectivity index (χ3n) is 8.04. The van der Waals surface area contributed by atoms with Gasteiger partial charge < -0.3 is 0 Å². The van der Waals surface area contributed by atoms with E-state index in [9.17, 15) is 0 Å². The van der Waals surface area contributed by atoms with Gasteiger partial charge in [-0.25, -0.2) is 0 Å². The first-order valence-electron chi connectivity index (χ1n) is 15.2. The molecular weight excluding hydrogens is 432 g/mol. The molecule has 0 bridgehead atoms. The molecule has 0 heteroatoms. The van der Waals surface area contributed by atoms with Gasteiger partial charge in [-0.05, 0) is 75.0 Å². The highest BCUT2D eigenvalue weighted by molar-refractivity contribution is 6.04. The van der Waals surface area contributed by atoms with E-state index in [2.05, 4.69) is 73.7 Å². The van der Waals surface area contributed by atoms with Crippen molar-refractivity contribution in [2.45, 2.75) is 116 Å². The van der Waals surface area contributed by atoms with Crippen molar-refractivity contribution in [1.29, 1.82) is 0 Å². The van der Waals surface area contributed by atoms with Crippen LogP contribution in [-0.4, -0.2) is 0 Å². The predicted octanol–water partition coefficient (Wildman–Crippen LogP) is 12.0. The molecule has 0 N–H and O–H groups in total. The van der Waals surface area contributed by atoms with Crippen LogP contribution in [0.4, 0.5) is 0 Å². The molecule has 192 valence electrons. The van der Waals surface area contributed by atoms with Crippen LogP contribution in [0.1, 0.15) is 115 Å². The number of hydrogen-bond acceptors (Lipinski definition) is 0. The molecular formula is C36H48. The number of benzene rings is 4. The van der Waals surface area contributed by atoms with Gasteiger partial charge in [0.1, 0.15) is 0 Å². The van der Waals surface area contributed by atoms with Crippen molar-refractivity contribution in [3.63, 3.8) is 0 Å². The Bertz CT molecular complexity index is 1180. The lowest BCUT2D eigenvalue weighted by molar-refractivity contribution is 0.529. The Morgan fingerprint density at radius 1 is 0.361 bits per heavy atom. The Morgan fingerprint density at radius 3 is 1.25 bits per heavy atom. The summed E-state index contributed by atoms with van der Waals surface area (Å²) < 4.78 is 0. The van der Waals surface area contributed by atoms with E-state index in [1.54, 1.807) is 0 Å². The van der Waals surface area contributed by atoms with Gasteiger partial charge in [-0.1, -0.05) is 146 Å². The van der Waals surface area contributed by atoms with Crippen LogP contribution in [0.5, 0.6) is 0 Å². The molecule has 0 nitrogen and oxygen atoms in total. The summed E-state index contributed by atoms with van der Waals surface area (Å²) in [5, 5.41) is 8.07. The maximum absolute atomic E-state index is 2.43. The van der Waals surface area contributed by atoms with E-state index in [-0.39, 0.29) is 0 Å². The van der Waals surface area contributed by atoms with E-state index in [0.29, 0.717) is 0 Å². The highest BCUT2D eigenvalue weighted by Gasteiger charge is 2.03. The van der Waals surface area contributed by atoms with E-state index >= 15 is 0 Å². The van der Waals surface area contributed by atoms with Crippen molar-refractivity contribution < 1.29 is 0 Å². The van der Waals surface area contributed by atoms with Crippen LogP contribution < -0.4 is 0 Å². The van der Waals surface area contributed by atoms with Crippen molar-refractivity contribution >= 4 is 32.3 Å². The van der Waals surface area contributed by atoms with E-state index in [1.165, 1.54) is 147 Å². The number of unbranched alkanes of at least 4 members (excludes halogenated alkanes) is 15. The van der Waals surface area contributed by atoms with Crippen LogP contribution in [0.2, 0.25) is 0 Å². The predicted molar refractivity (Wildman–Crippen MR) is 162 cm³/mol. The molecule has 0 saturated carbocycles. The second-order valence-electron chi connectivity index (χ2n) is 11.1. The molecule has 0 saturated heterocycles. The first-order valence-corrected chi connectivity index (χ1v) is 15.2. The Morgan fingerprint density at radius 2 is 0.750 bits per heavy atom. The molecule has 0 atom stereocenters. The minimum absolute atomic E-state index is 1.21. The minimum atomic E-state index is 1.21.